The van der Waals surface area contributed by atoms with Crippen LogP contribution in [0.5, 0.6) is 11.5 Å². The molecule has 1 saturated heterocycles. The Labute approximate surface area is 122 Å². The summed E-state index contributed by atoms with van der Waals surface area (Å²) in [4.78, 5) is 2.49. The monoisotopic (exact) mass is 326 g/mol. The molecule has 0 bridgehead atoms. The van der Waals surface area contributed by atoms with Crippen LogP contribution in [0.3, 0.4) is 0 Å². The van der Waals surface area contributed by atoms with Crippen molar-refractivity contribution in [1.29, 1.82) is 0 Å². The molecular weight excluding hydrogens is 308 g/mol. The van der Waals surface area contributed by atoms with E-state index in [2.05, 4.69) is 32.2 Å². The summed E-state index contributed by atoms with van der Waals surface area (Å²) >= 11 is 3.63. The Bertz CT molecular complexity index is 467. The summed E-state index contributed by atoms with van der Waals surface area (Å²) in [5, 5.41) is 3.38. The number of likely N-dealkylation sites (N-methyl/N-ethyl adjacent to an activating group) is 1. The average Bonchev–Trinajstić information content (AvgIpc) is 2.86. The minimum atomic E-state index is 0.330. The molecule has 1 fully saturated rings. The molecule has 5 heteroatoms. The van der Waals surface area contributed by atoms with Crippen LogP contribution >= 0.6 is 15.9 Å². The van der Waals surface area contributed by atoms with Crippen molar-refractivity contribution in [3.05, 3.63) is 22.2 Å². The Morgan fingerprint density at radius 3 is 2.95 bits per heavy atom. The highest BCUT2D eigenvalue weighted by atomic mass is 79.9. The van der Waals surface area contributed by atoms with Crippen LogP contribution in [0.2, 0.25) is 0 Å². The smallest absolute Gasteiger partial charge is 0.231 e. The van der Waals surface area contributed by atoms with E-state index in [1.165, 1.54) is 24.9 Å². The van der Waals surface area contributed by atoms with Gasteiger partial charge in [0.25, 0.3) is 0 Å². The highest BCUT2D eigenvalue weighted by Crippen LogP contribution is 2.37. The molecule has 1 N–H and O–H groups in total. The largest absolute Gasteiger partial charge is 0.454 e. The first-order valence-electron chi connectivity index (χ1n) is 6.74. The third kappa shape index (κ3) is 2.88. The molecule has 3 rings (SSSR count). The lowest BCUT2D eigenvalue weighted by Crippen LogP contribution is -2.43. The highest BCUT2D eigenvalue weighted by Gasteiger charge is 2.21. The van der Waals surface area contributed by atoms with Gasteiger partial charge in [0.1, 0.15) is 0 Å². The first kappa shape index (κ1) is 13.2. The Hall–Kier alpha value is -0.780. The van der Waals surface area contributed by atoms with Gasteiger partial charge in [-0.1, -0.05) is 15.9 Å². The number of hydrogen-bond acceptors (Lipinski definition) is 4. The molecule has 1 aromatic carbocycles. The van der Waals surface area contributed by atoms with Crippen LogP contribution < -0.4 is 14.8 Å². The van der Waals surface area contributed by atoms with Gasteiger partial charge < -0.3 is 14.8 Å². The van der Waals surface area contributed by atoms with Gasteiger partial charge in [-0.2, -0.15) is 0 Å². The van der Waals surface area contributed by atoms with Gasteiger partial charge in [0.05, 0.1) is 0 Å². The van der Waals surface area contributed by atoms with Crippen molar-refractivity contribution in [3.63, 3.8) is 0 Å². The molecule has 104 valence electrons. The molecule has 2 aliphatic heterocycles. The van der Waals surface area contributed by atoms with Crippen molar-refractivity contribution < 1.29 is 9.47 Å². The van der Waals surface area contributed by atoms with Crippen molar-refractivity contribution in [2.75, 3.05) is 26.9 Å². The second kappa shape index (κ2) is 5.69. The quantitative estimate of drug-likeness (QED) is 0.924. The fourth-order valence-electron chi connectivity index (χ4n) is 2.76. The number of benzene rings is 1. The number of hydrogen-bond donors (Lipinski definition) is 1. The number of halogens is 1. The number of likely N-dealkylation sites (tertiary alicyclic amines) is 1. The van der Waals surface area contributed by atoms with Crippen LogP contribution in [0.4, 0.5) is 0 Å². The lowest BCUT2D eigenvalue weighted by Gasteiger charge is -2.32. The predicted octanol–water partition coefficient (Wildman–Crippen LogP) is 2.36. The zero-order chi connectivity index (χ0) is 13.2. The zero-order valence-electron chi connectivity index (χ0n) is 11.1. The van der Waals surface area contributed by atoms with Gasteiger partial charge in [0.2, 0.25) is 6.79 Å². The number of nitrogens with zero attached hydrogens (tertiary/aromatic N) is 1. The van der Waals surface area contributed by atoms with Crippen molar-refractivity contribution in [1.82, 2.24) is 10.2 Å². The van der Waals surface area contributed by atoms with Crippen molar-refractivity contribution in [2.24, 2.45) is 0 Å². The third-order valence-corrected chi connectivity index (χ3v) is 4.59. The average molecular weight is 327 g/mol. The van der Waals surface area contributed by atoms with E-state index in [4.69, 9.17) is 9.47 Å². The van der Waals surface area contributed by atoms with Crippen molar-refractivity contribution >= 4 is 15.9 Å². The maximum Gasteiger partial charge on any atom is 0.231 e. The summed E-state index contributed by atoms with van der Waals surface area (Å²) in [6.45, 7) is 3.56. The lowest BCUT2D eigenvalue weighted by atomic mass is 10.0. The molecule has 0 amide bonds. The normalized spacial score (nSPS) is 22.7. The topological polar surface area (TPSA) is 33.7 Å². The molecule has 0 saturated carbocycles. The van der Waals surface area contributed by atoms with Crippen LogP contribution in [0.25, 0.3) is 0 Å². The van der Waals surface area contributed by atoms with Crippen LogP contribution in [-0.2, 0) is 6.54 Å². The van der Waals surface area contributed by atoms with Gasteiger partial charge in [-0.25, -0.2) is 0 Å². The van der Waals surface area contributed by atoms with Crippen LogP contribution in [0, 0.1) is 0 Å². The fourth-order valence-corrected chi connectivity index (χ4v) is 3.20. The van der Waals surface area contributed by atoms with Crippen LogP contribution in [-0.4, -0.2) is 37.9 Å². The molecule has 0 aromatic heterocycles. The number of ether oxygens (including phenoxy) is 2. The SMILES string of the molecule is CNC1CCCN(Cc2cc3c(cc2Br)OCO3)C1. The number of rotatable bonds is 3. The fraction of sp³-hybridized carbons (Fsp3) is 0.571. The molecule has 0 radical (unpaired) electrons. The molecule has 0 aliphatic carbocycles. The van der Waals surface area contributed by atoms with E-state index in [9.17, 15) is 0 Å². The molecule has 1 unspecified atom stereocenters. The van der Waals surface area contributed by atoms with Gasteiger partial charge in [0.15, 0.2) is 11.5 Å². The molecule has 2 heterocycles. The summed E-state index contributed by atoms with van der Waals surface area (Å²) in [6, 6.07) is 4.72. The van der Waals surface area contributed by atoms with Crippen LogP contribution in [0.1, 0.15) is 18.4 Å². The van der Waals surface area contributed by atoms with Crippen LogP contribution in [0.15, 0.2) is 16.6 Å². The molecule has 4 nitrogen and oxygen atoms in total. The Morgan fingerprint density at radius 2 is 2.16 bits per heavy atom. The predicted molar refractivity (Wildman–Crippen MR) is 77.6 cm³/mol. The first-order chi connectivity index (χ1) is 9.26. The summed E-state index contributed by atoms with van der Waals surface area (Å²) < 4.78 is 11.9. The third-order valence-electron chi connectivity index (χ3n) is 3.85. The van der Waals surface area contributed by atoms with E-state index in [0.717, 1.165) is 29.1 Å². The van der Waals surface area contributed by atoms with E-state index < -0.39 is 0 Å². The van der Waals surface area contributed by atoms with E-state index in [0.29, 0.717) is 12.8 Å². The van der Waals surface area contributed by atoms with Crippen molar-refractivity contribution in [2.45, 2.75) is 25.4 Å². The molecule has 1 atom stereocenters. The Morgan fingerprint density at radius 1 is 1.37 bits per heavy atom. The molecule has 2 aliphatic rings. The summed E-state index contributed by atoms with van der Waals surface area (Å²) in [5.41, 5.74) is 1.26. The number of fused-ring (bicyclic) bond motifs is 1. The van der Waals surface area contributed by atoms with Gasteiger partial charge >= 0.3 is 0 Å². The Kier molecular flexibility index (Phi) is 3.96. The van der Waals surface area contributed by atoms with Gasteiger partial charge in [-0.05, 0) is 44.1 Å². The van der Waals surface area contributed by atoms with Gasteiger partial charge in [-0.3, -0.25) is 4.90 Å². The summed E-state index contributed by atoms with van der Waals surface area (Å²) in [6.07, 6.45) is 2.53. The van der Waals surface area contributed by atoms with E-state index >= 15 is 0 Å². The number of piperidine rings is 1. The molecule has 19 heavy (non-hydrogen) atoms. The second-order valence-electron chi connectivity index (χ2n) is 5.16. The first-order valence-corrected chi connectivity index (χ1v) is 7.53. The number of nitrogens with one attached hydrogen (secondary N) is 1. The lowest BCUT2D eigenvalue weighted by molar-refractivity contribution is 0.173. The maximum atomic E-state index is 5.45. The standard InChI is InChI=1S/C14H19BrN2O2/c1-16-11-3-2-4-17(8-11)7-10-5-13-14(6-12(10)15)19-9-18-13/h5-6,11,16H,2-4,7-9H2,1H3. The minimum Gasteiger partial charge on any atom is -0.454 e. The van der Waals surface area contributed by atoms with Crippen molar-refractivity contribution in [3.8, 4) is 11.5 Å². The molecular formula is C14H19BrN2O2. The minimum absolute atomic E-state index is 0.330. The van der Waals surface area contributed by atoms with E-state index in [1.54, 1.807) is 0 Å². The maximum absolute atomic E-state index is 5.45. The molecule has 1 aromatic rings. The zero-order valence-corrected chi connectivity index (χ0v) is 12.7. The summed E-state index contributed by atoms with van der Waals surface area (Å²) in [7, 11) is 2.05. The Balaban J connectivity index is 1.72. The van der Waals surface area contributed by atoms with E-state index in [1.807, 2.05) is 13.1 Å². The highest BCUT2D eigenvalue weighted by molar-refractivity contribution is 9.10. The van der Waals surface area contributed by atoms with Gasteiger partial charge in [0, 0.05) is 23.6 Å². The van der Waals surface area contributed by atoms with Gasteiger partial charge in [-0.15, -0.1) is 0 Å². The van der Waals surface area contributed by atoms with E-state index in [-0.39, 0.29) is 0 Å². The summed E-state index contributed by atoms with van der Waals surface area (Å²) in [5.74, 6) is 1.70. The second-order valence-corrected chi connectivity index (χ2v) is 6.01. The molecule has 0 spiro atoms.